The number of carbonyl (C=O) groups excluding carboxylic acids is 2. The summed E-state index contributed by atoms with van der Waals surface area (Å²) in [7, 11) is 0. The highest BCUT2D eigenvalue weighted by molar-refractivity contribution is 9.15. The molecule has 3 rings (SSSR count). The zero-order valence-corrected chi connectivity index (χ0v) is 19.3. The standard InChI is InChI=1S/C26H25BrN2O3/c1-18-9-8-14-21(15-18)23(27)24(29-25(31)20-12-6-3-7-13-20)26(32)28-22(17-30)16-19-10-4-2-5-11-19/h2-15,22,30H,16-17H2,1H3,(H,28,32)(H,29,31)/b24-23-/t22-/m0/s1. The molecule has 0 aromatic heterocycles. The van der Waals surface area contributed by atoms with E-state index in [2.05, 4.69) is 26.6 Å². The lowest BCUT2D eigenvalue weighted by atomic mass is 10.1. The molecule has 0 spiro atoms. The van der Waals surface area contributed by atoms with E-state index in [0.717, 1.165) is 16.7 Å². The van der Waals surface area contributed by atoms with Gasteiger partial charge in [-0.1, -0.05) is 78.4 Å². The van der Waals surface area contributed by atoms with E-state index >= 15 is 0 Å². The minimum Gasteiger partial charge on any atom is -0.394 e. The Morgan fingerprint density at radius 3 is 2.16 bits per heavy atom. The number of amides is 2. The number of benzene rings is 3. The molecule has 3 N–H and O–H groups in total. The molecule has 32 heavy (non-hydrogen) atoms. The van der Waals surface area contributed by atoms with Gasteiger partial charge < -0.3 is 15.7 Å². The number of aliphatic hydroxyl groups is 1. The van der Waals surface area contributed by atoms with Crippen molar-refractivity contribution in [3.8, 4) is 0 Å². The van der Waals surface area contributed by atoms with Crippen molar-refractivity contribution in [1.82, 2.24) is 10.6 Å². The predicted octanol–water partition coefficient (Wildman–Crippen LogP) is 4.21. The summed E-state index contributed by atoms with van der Waals surface area (Å²) >= 11 is 3.51. The van der Waals surface area contributed by atoms with E-state index in [1.165, 1.54) is 0 Å². The first kappa shape index (κ1) is 23.4. The van der Waals surface area contributed by atoms with Crippen LogP contribution in [0.2, 0.25) is 0 Å². The fourth-order valence-corrected chi connectivity index (χ4v) is 3.76. The Morgan fingerprint density at radius 1 is 0.906 bits per heavy atom. The molecule has 5 nitrogen and oxygen atoms in total. The normalized spacial score (nSPS) is 12.5. The number of halogens is 1. The van der Waals surface area contributed by atoms with Crippen LogP contribution >= 0.6 is 15.9 Å². The molecule has 164 valence electrons. The molecule has 0 radical (unpaired) electrons. The molecule has 6 heteroatoms. The SMILES string of the molecule is Cc1cccc(/C(Br)=C(/NC(=O)c2ccccc2)C(=O)N[C@H](CO)Cc2ccccc2)c1. The molecule has 3 aromatic carbocycles. The van der Waals surface area contributed by atoms with Crippen LogP contribution in [0.15, 0.2) is 90.6 Å². The molecule has 1 atom stereocenters. The van der Waals surface area contributed by atoms with Crippen LogP contribution < -0.4 is 10.6 Å². The van der Waals surface area contributed by atoms with Gasteiger partial charge in [0.15, 0.2) is 0 Å². The van der Waals surface area contributed by atoms with E-state index in [0.29, 0.717) is 16.5 Å². The number of aliphatic hydroxyl groups excluding tert-OH is 1. The number of hydrogen-bond acceptors (Lipinski definition) is 3. The van der Waals surface area contributed by atoms with Gasteiger partial charge in [-0.2, -0.15) is 0 Å². The predicted molar refractivity (Wildman–Crippen MR) is 130 cm³/mol. The summed E-state index contributed by atoms with van der Waals surface area (Å²) < 4.78 is 0.458. The Hall–Kier alpha value is -3.22. The summed E-state index contributed by atoms with van der Waals surface area (Å²) in [5.41, 5.74) is 3.28. The van der Waals surface area contributed by atoms with Gasteiger partial charge in [0.1, 0.15) is 5.70 Å². The van der Waals surface area contributed by atoms with Crippen molar-refractivity contribution < 1.29 is 14.7 Å². The lowest BCUT2D eigenvalue weighted by Crippen LogP contribution is -2.43. The molecule has 3 aromatic rings. The molecule has 0 saturated heterocycles. The van der Waals surface area contributed by atoms with Gasteiger partial charge in [-0.05, 0) is 52.5 Å². The highest BCUT2D eigenvalue weighted by atomic mass is 79.9. The van der Waals surface area contributed by atoms with E-state index in [-0.39, 0.29) is 12.3 Å². The molecule has 0 aliphatic heterocycles. The molecular weight excluding hydrogens is 468 g/mol. The Kier molecular flexibility index (Phi) is 8.36. The maximum atomic E-state index is 13.2. The van der Waals surface area contributed by atoms with Crippen LogP contribution in [0.1, 0.15) is 27.0 Å². The summed E-state index contributed by atoms with van der Waals surface area (Å²) in [6, 6.07) is 25.4. The summed E-state index contributed by atoms with van der Waals surface area (Å²) in [5.74, 6) is -0.887. The van der Waals surface area contributed by atoms with Crippen LogP contribution in [-0.2, 0) is 11.2 Å². The van der Waals surface area contributed by atoms with Crippen LogP contribution in [0, 0.1) is 6.92 Å². The number of nitrogens with one attached hydrogen (secondary N) is 2. The lowest BCUT2D eigenvalue weighted by Gasteiger charge is -2.19. The number of aryl methyl sites for hydroxylation is 1. The van der Waals surface area contributed by atoms with Gasteiger partial charge >= 0.3 is 0 Å². The highest BCUT2D eigenvalue weighted by Crippen LogP contribution is 2.25. The van der Waals surface area contributed by atoms with Crippen molar-refractivity contribution in [2.24, 2.45) is 0 Å². The maximum Gasteiger partial charge on any atom is 0.269 e. The van der Waals surface area contributed by atoms with Gasteiger partial charge in [-0.3, -0.25) is 9.59 Å². The second kappa shape index (κ2) is 11.4. The smallest absolute Gasteiger partial charge is 0.269 e. The number of hydrogen-bond donors (Lipinski definition) is 3. The zero-order chi connectivity index (χ0) is 22.9. The second-order valence-electron chi connectivity index (χ2n) is 7.42. The Morgan fingerprint density at radius 2 is 1.53 bits per heavy atom. The molecule has 0 bridgehead atoms. The van der Waals surface area contributed by atoms with Crippen LogP contribution in [0.4, 0.5) is 0 Å². The van der Waals surface area contributed by atoms with E-state index in [1.807, 2.05) is 67.6 Å². The van der Waals surface area contributed by atoms with Gasteiger partial charge in [0.05, 0.1) is 17.1 Å². The average molecular weight is 493 g/mol. The highest BCUT2D eigenvalue weighted by Gasteiger charge is 2.22. The fourth-order valence-electron chi connectivity index (χ4n) is 3.23. The maximum absolute atomic E-state index is 13.2. The van der Waals surface area contributed by atoms with E-state index < -0.39 is 17.9 Å². The number of rotatable bonds is 8. The van der Waals surface area contributed by atoms with Crippen molar-refractivity contribution in [2.75, 3.05) is 6.61 Å². The van der Waals surface area contributed by atoms with Crippen molar-refractivity contribution in [2.45, 2.75) is 19.4 Å². The van der Waals surface area contributed by atoms with Gasteiger partial charge in [0.25, 0.3) is 11.8 Å². The minimum atomic E-state index is -0.508. The van der Waals surface area contributed by atoms with Crippen LogP contribution in [0.5, 0.6) is 0 Å². The van der Waals surface area contributed by atoms with E-state index in [1.54, 1.807) is 24.3 Å². The second-order valence-corrected chi connectivity index (χ2v) is 8.21. The topological polar surface area (TPSA) is 78.4 Å². The van der Waals surface area contributed by atoms with Crippen LogP contribution in [0.25, 0.3) is 4.48 Å². The van der Waals surface area contributed by atoms with Crippen molar-refractivity contribution in [3.05, 3.63) is 113 Å². The third kappa shape index (κ3) is 6.39. The van der Waals surface area contributed by atoms with Gasteiger partial charge in [-0.15, -0.1) is 0 Å². The van der Waals surface area contributed by atoms with Crippen molar-refractivity contribution >= 4 is 32.2 Å². The molecular formula is C26H25BrN2O3. The third-order valence-corrected chi connectivity index (χ3v) is 5.73. The summed E-state index contributed by atoms with van der Waals surface area (Å²) in [6.07, 6.45) is 0.463. The molecule has 0 saturated carbocycles. The fraction of sp³-hybridized carbons (Fsp3) is 0.154. The van der Waals surface area contributed by atoms with Gasteiger partial charge in [-0.25, -0.2) is 0 Å². The molecule has 0 aliphatic carbocycles. The Labute approximate surface area is 196 Å². The van der Waals surface area contributed by atoms with Crippen LogP contribution in [-0.4, -0.2) is 29.6 Å². The average Bonchev–Trinajstić information content (AvgIpc) is 2.82. The quantitative estimate of drug-likeness (QED) is 0.412. The first-order valence-electron chi connectivity index (χ1n) is 10.3. The third-order valence-electron chi connectivity index (χ3n) is 4.87. The minimum absolute atomic E-state index is 0.0796. The summed E-state index contributed by atoms with van der Waals surface area (Å²) in [6.45, 7) is 1.72. The first-order valence-corrected chi connectivity index (χ1v) is 11.1. The lowest BCUT2D eigenvalue weighted by molar-refractivity contribution is -0.118. The summed E-state index contributed by atoms with van der Waals surface area (Å²) in [4.78, 5) is 26.1. The van der Waals surface area contributed by atoms with E-state index in [9.17, 15) is 14.7 Å². The zero-order valence-electron chi connectivity index (χ0n) is 17.7. The monoisotopic (exact) mass is 492 g/mol. The Balaban J connectivity index is 1.89. The van der Waals surface area contributed by atoms with Crippen LogP contribution in [0.3, 0.4) is 0 Å². The first-order chi connectivity index (χ1) is 15.5. The largest absolute Gasteiger partial charge is 0.394 e. The van der Waals surface area contributed by atoms with Crippen molar-refractivity contribution in [1.29, 1.82) is 0 Å². The molecule has 0 heterocycles. The molecule has 0 unspecified atom stereocenters. The number of carbonyl (C=O) groups is 2. The molecule has 0 fully saturated rings. The van der Waals surface area contributed by atoms with Gasteiger partial charge in [0.2, 0.25) is 0 Å². The molecule has 2 amide bonds. The van der Waals surface area contributed by atoms with E-state index in [4.69, 9.17) is 0 Å². The van der Waals surface area contributed by atoms with Gasteiger partial charge in [0, 0.05) is 5.56 Å². The summed E-state index contributed by atoms with van der Waals surface area (Å²) in [5, 5.41) is 15.4. The molecule has 0 aliphatic rings. The Bertz CT molecular complexity index is 1100. The van der Waals surface area contributed by atoms with Crippen molar-refractivity contribution in [3.63, 3.8) is 0 Å².